The summed E-state index contributed by atoms with van der Waals surface area (Å²) in [6, 6.07) is 16.0. The number of hydrogen-bond donors (Lipinski definition) is 1. The Morgan fingerprint density at radius 3 is 2.62 bits per heavy atom. The number of thioether (sulfide) groups is 1. The lowest BCUT2D eigenvalue weighted by molar-refractivity contribution is 0.0975. The molecular weight excluding hydrogens is 513 g/mol. The lowest BCUT2D eigenvalue weighted by Gasteiger charge is -2.52. The standard InChI is InChI=1S/C30H26FN5O2S/c1-29-13-21-10-11-34-27(38-2)23(21)14-30(29,24-12-20(8-9-25(24)31)22-15-32-18-33-16-22)36-28(39-17-29)35-26(37)19-6-4-3-5-7-19/h3-12,15-16,18H,13-14,17H2,1-2H3,(H,35,36,37)/t29-,30+/m0/s1. The van der Waals surface area contributed by atoms with Gasteiger partial charge in [0.25, 0.3) is 5.91 Å². The van der Waals surface area contributed by atoms with Crippen LogP contribution in [0.1, 0.15) is 34.0 Å². The number of benzene rings is 2. The van der Waals surface area contributed by atoms with E-state index >= 15 is 4.39 Å². The van der Waals surface area contributed by atoms with Gasteiger partial charge in [-0.3, -0.25) is 4.79 Å². The van der Waals surface area contributed by atoms with Crippen molar-refractivity contribution in [1.29, 1.82) is 0 Å². The summed E-state index contributed by atoms with van der Waals surface area (Å²) in [5, 5.41) is 3.44. The van der Waals surface area contributed by atoms with Gasteiger partial charge < -0.3 is 10.1 Å². The number of ether oxygens (including phenoxy) is 1. The van der Waals surface area contributed by atoms with Crippen LogP contribution in [0.3, 0.4) is 0 Å². The number of methoxy groups -OCH3 is 1. The van der Waals surface area contributed by atoms with E-state index in [-0.39, 0.29) is 11.7 Å². The Kier molecular flexibility index (Phi) is 6.38. The zero-order valence-electron chi connectivity index (χ0n) is 21.5. The molecule has 0 saturated carbocycles. The molecule has 9 heteroatoms. The molecule has 1 aliphatic heterocycles. The highest BCUT2D eigenvalue weighted by Crippen LogP contribution is 2.57. The lowest BCUT2D eigenvalue weighted by Crippen LogP contribution is -2.54. The van der Waals surface area contributed by atoms with Gasteiger partial charge in [-0.25, -0.2) is 24.3 Å². The maximum atomic E-state index is 16.0. The number of hydrogen-bond acceptors (Lipinski definition) is 7. The number of nitrogens with zero attached hydrogens (tertiary/aromatic N) is 4. The van der Waals surface area contributed by atoms with Gasteiger partial charge in [-0.05, 0) is 47.9 Å². The molecule has 2 atom stereocenters. The molecule has 2 aliphatic rings. The molecule has 0 fully saturated rings. The predicted octanol–water partition coefficient (Wildman–Crippen LogP) is 5.22. The highest BCUT2D eigenvalue weighted by atomic mass is 32.2. The number of fused-ring (bicyclic) bond motifs is 2. The largest absolute Gasteiger partial charge is 0.481 e. The Hall–Kier alpha value is -4.11. The highest BCUT2D eigenvalue weighted by Gasteiger charge is 2.56. The van der Waals surface area contributed by atoms with Crippen molar-refractivity contribution in [1.82, 2.24) is 20.3 Å². The first-order chi connectivity index (χ1) is 18.9. The fourth-order valence-corrected chi connectivity index (χ4v) is 6.81. The van der Waals surface area contributed by atoms with E-state index in [2.05, 4.69) is 27.2 Å². The Bertz CT molecular complexity index is 1580. The Balaban J connectivity index is 1.54. The highest BCUT2D eigenvalue weighted by molar-refractivity contribution is 8.14. The van der Waals surface area contributed by atoms with Gasteiger partial charge in [-0.2, -0.15) is 0 Å². The van der Waals surface area contributed by atoms with Crippen LogP contribution in [-0.4, -0.2) is 38.9 Å². The third kappa shape index (κ3) is 4.36. The molecule has 6 rings (SSSR count). The quantitative estimate of drug-likeness (QED) is 0.383. The number of nitrogens with one attached hydrogen (secondary N) is 1. The van der Waals surface area contributed by atoms with E-state index in [1.807, 2.05) is 30.3 Å². The molecule has 2 aromatic carbocycles. The van der Waals surface area contributed by atoms with E-state index in [0.717, 1.165) is 22.3 Å². The molecule has 0 radical (unpaired) electrons. The first-order valence-corrected chi connectivity index (χ1v) is 13.6. The monoisotopic (exact) mass is 539 g/mol. The van der Waals surface area contributed by atoms with Gasteiger partial charge in [0, 0.05) is 58.4 Å². The third-order valence-corrected chi connectivity index (χ3v) is 8.95. The second-order valence-corrected chi connectivity index (χ2v) is 11.0. The predicted molar refractivity (Wildman–Crippen MR) is 149 cm³/mol. The van der Waals surface area contributed by atoms with E-state index in [0.29, 0.717) is 40.8 Å². The Morgan fingerprint density at radius 1 is 1.05 bits per heavy atom. The molecule has 4 aromatic rings. The van der Waals surface area contributed by atoms with Crippen LogP contribution in [0, 0.1) is 11.2 Å². The molecule has 7 nitrogen and oxygen atoms in total. The minimum Gasteiger partial charge on any atom is -0.481 e. The minimum atomic E-state index is -1.03. The Labute approximate surface area is 230 Å². The second kappa shape index (κ2) is 9.89. The van der Waals surface area contributed by atoms with E-state index in [9.17, 15) is 4.79 Å². The summed E-state index contributed by atoms with van der Waals surface area (Å²) >= 11 is 1.48. The normalized spacial score (nSPS) is 21.8. The zero-order valence-corrected chi connectivity index (χ0v) is 22.3. The number of carbonyl (C=O) groups is 1. The maximum Gasteiger partial charge on any atom is 0.257 e. The van der Waals surface area contributed by atoms with Crippen molar-refractivity contribution in [2.45, 2.75) is 25.3 Å². The van der Waals surface area contributed by atoms with Crippen molar-refractivity contribution in [2.24, 2.45) is 10.4 Å². The SMILES string of the molecule is COc1nccc2c1C[C@]1(c3cc(-c4cncnc4)ccc3F)N=C(NC(=O)c3ccccc3)SC[C@]1(C)C2. The molecule has 1 N–H and O–H groups in total. The van der Waals surface area contributed by atoms with E-state index in [1.165, 1.54) is 24.2 Å². The molecule has 3 heterocycles. The van der Waals surface area contributed by atoms with Crippen LogP contribution in [0.4, 0.5) is 4.39 Å². The average molecular weight is 540 g/mol. The van der Waals surface area contributed by atoms with Crippen LogP contribution in [0.2, 0.25) is 0 Å². The molecule has 1 amide bonds. The summed E-state index contributed by atoms with van der Waals surface area (Å²) in [6.45, 7) is 2.15. The third-order valence-electron chi connectivity index (χ3n) is 7.70. The van der Waals surface area contributed by atoms with E-state index in [4.69, 9.17) is 9.73 Å². The van der Waals surface area contributed by atoms with Crippen molar-refractivity contribution in [3.63, 3.8) is 0 Å². The van der Waals surface area contributed by atoms with Gasteiger partial charge >= 0.3 is 0 Å². The number of amidine groups is 1. The van der Waals surface area contributed by atoms with Gasteiger partial charge in [0.15, 0.2) is 5.17 Å². The molecule has 0 unspecified atom stereocenters. The molecular formula is C30H26FN5O2S. The first-order valence-electron chi connectivity index (χ1n) is 12.6. The smallest absolute Gasteiger partial charge is 0.257 e. The van der Waals surface area contributed by atoms with Crippen LogP contribution in [0.5, 0.6) is 5.88 Å². The molecule has 1 aliphatic carbocycles. The number of aliphatic imine (C=N–C) groups is 1. The number of carbonyl (C=O) groups excluding carboxylic acids is 1. The molecule has 0 spiro atoms. The summed E-state index contributed by atoms with van der Waals surface area (Å²) in [7, 11) is 1.59. The summed E-state index contributed by atoms with van der Waals surface area (Å²) in [4.78, 5) is 31.0. The first kappa shape index (κ1) is 25.2. The summed E-state index contributed by atoms with van der Waals surface area (Å²) < 4.78 is 21.6. The van der Waals surface area contributed by atoms with Crippen molar-refractivity contribution >= 4 is 22.8 Å². The summed E-state index contributed by atoms with van der Waals surface area (Å²) in [6.07, 6.45) is 7.63. The van der Waals surface area contributed by atoms with E-state index < -0.39 is 11.0 Å². The molecule has 39 heavy (non-hydrogen) atoms. The van der Waals surface area contributed by atoms with Gasteiger partial charge in [0.05, 0.1) is 7.11 Å². The van der Waals surface area contributed by atoms with Crippen LogP contribution in [-0.2, 0) is 18.4 Å². The van der Waals surface area contributed by atoms with Crippen LogP contribution >= 0.6 is 11.8 Å². The number of pyridine rings is 1. The van der Waals surface area contributed by atoms with Gasteiger partial charge in [-0.15, -0.1) is 0 Å². The number of halogens is 1. The Morgan fingerprint density at radius 2 is 1.85 bits per heavy atom. The van der Waals surface area contributed by atoms with Gasteiger partial charge in [0.1, 0.15) is 17.7 Å². The average Bonchev–Trinajstić information content (AvgIpc) is 2.97. The topological polar surface area (TPSA) is 89.4 Å². The van der Waals surface area contributed by atoms with Crippen LogP contribution in [0.15, 0.2) is 84.5 Å². The van der Waals surface area contributed by atoms with Crippen molar-refractivity contribution in [3.05, 3.63) is 108 Å². The van der Waals surface area contributed by atoms with Gasteiger partial charge in [0.2, 0.25) is 5.88 Å². The number of rotatable bonds is 4. The lowest BCUT2D eigenvalue weighted by atomic mass is 9.58. The zero-order chi connectivity index (χ0) is 27.0. The fourth-order valence-electron chi connectivity index (χ4n) is 5.63. The van der Waals surface area contributed by atoms with Gasteiger partial charge in [-0.1, -0.05) is 43.0 Å². The maximum absolute atomic E-state index is 16.0. The second-order valence-electron chi connectivity index (χ2n) is 10.1. The minimum absolute atomic E-state index is 0.258. The summed E-state index contributed by atoms with van der Waals surface area (Å²) in [5.74, 6) is 0.512. The fraction of sp³-hybridized carbons (Fsp3) is 0.233. The number of amides is 1. The number of aromatic nitrogens is 3. The van der Waals surface area contributed by atoms with Crippen molar-refractivity contribution in [3.8, 4) is 17.0 Å². The van der Waals surface area contributed by atoms with Crippen LogP contribution < -0.4 is 10.1 Å². The molecule has 0 saturated heterocycles. The molecule has 0 bridgehead atoms. The van der Waals surface area contributed by atoms with E-state index in [1.54, 1.807) is 43.9 Å². The van der Waals surface area contributed by atoms with Crippen LogP contribution in [0.25, 0.3) is 11.1 Å². The van der Waals surface area contributed by atoms with Crippen molar-refractivity contribution < 1.29 is 13.9 Å². The summed E-state index contributed by atoms with van der Waals surface area (Å²) in [5.41, 5.74) is 3.06. The molecule has 2 aromatic heterocycles. The van der Waals surface area contributed by atoms with Crippen molar-refractivity contribution in [2.75, 3.05) is 12.9 Å². The molecule has 196 valence electrons.